The van der Waals surface area contributed by atoms with E-state index in [9.17, 15) is 27.2 Å². The smallest absolute Gasteiger partial charge is 0.308 e. The highest BCUT2D eigenvalue weighted by atomic mass is 32.2. The lowest BCUT2D eigenvalue weighted by Gasteiger charge is -2.30. The topological polar surface area (TPSA) is 110 Å². The van der Waals surface area contributed by atoms with Gasteiger partial charge in [-0.3, -0.25) is 14.4 Å². The summed E-state index contributed by atoms with van der Waals surface area (Å²) in [6.45, 7) is 0.444. The molecule has 11 heteroatoms. The van der Waals surface area contributed by atoms with Crippen LogP contribution in [0.2, 0.25) is 0 Å². The minimum atomic E-state index is -3.79. The number of methoxy groups -OCH3 is 1. The standard InChI is InChI=1S/C20H27FN2O7S/c1-22(31(27,28)17-7-5-16(21)6-8-17)11-3-4-19(25)30-14-18(24)23-12-9-15(10-13-23)20(26)29-2/h5-8,15H,3-4,9-14H2,1-2H3. The Balaban J connectivity index is 1.69. The van der Waals surface area contributed by atoms with E-state index in [1.54, 1.807) is 0 Å². The quantitative estimate of drug-likeness (QED) is 0.511. The number of halogens is 1. The average Bonchev–Trinajstić information content (AvgIpc) is 2.77. The Labute approximate surface area is 181 Å². The number of nitrogens with zero attached hydrogens (tertiary/aromatic N) is 2. The molecule has 1 heterocycles. The zero-order chi connectivity index (χ0) is 23.0. The molecule has 0 atom stereocenters. The maximum atomic E-state index is 13.0. The largest absolute Gasteiger partial charge is 0.469 e. The van der Waals surface area contributed by atoms with E-state index < -0.39 is 28.4 Å². The van der Waals surface area contributed by atoms with Gasteiger partial charge in [-0.2, -0.15) is 0 Å². The summed E-state index contributed by atoms with van der Waals surface area (Å²) in [6.07, 6.45) is 1.15. The number of benzene rings is 1. The van der Waals surface area contributed by atoms with Crippen molar-refractivity contribution in [2.45, 2.75) is 30.6 Å². The Bertz CT molecular complexity index is 881. The summed E-state index contributed by atoms with van der Waals surface area (Å²) in [7, 11) is -1.09. The Morgan fingerprint density at radius 3 is 2.35 bits per heavy atom. The van der Waals surface area contributed by atoms with Gasteiger partial charge >= 0.3 is 11.9 Å². The molecule has 172 valence electrons. The monoisotopic (exact) mass is 458 g/mol. The molecule has 0 radical (unpaired) electrons. The number of amides is 1. The van der Waals surface area contributed by atoms with Crippen LogP contribution in [0.4, 0.5) is 4.39 Å². The second-order valence-electron chi connectivity index (χ2n) is 7.22. The van der Waals surface area contributed by atoms with E-state index in [1.807, 2.05) is 0 Å². The van der Waals surface area contributed by atoms with Crippen molar-refractivity contribution in [1.29, 1.82) is 0 Å². The van der Waals surface area contributed by atoms with Crippen LogP contribution in [0.25, 0.3) is 0 Å². The molecule has 1 fully saturated rings. The minimum absolute atomic E-state index is 0.0412. The van der Waals surface area contributed by atoms with Crippen LogP contribution in [0.1, 0.15) is 25.7 Å². The van der Waals surface area contributed by atoms with Gasteiger partial charge in [0.2, 0.25) is 10.0 Å². The molecule has 0 aromatic heterocycles. The van der Waals surface area contributed by atoms with E-state index in [1.165, 1.54) is 31.2 Å². The van der Waals surface area contributed by atoms with Crippen LogP contribution in [0.5, 0.6) is 0 Å². The number of piperidine rings is 1. The fourth-order valence-electron chi connectivity index (χ4n) is 3.19. The van der Waals surface area contributed by atoms with Gasteiger partial charge in [0.25, 0.3) is 5.91 Å². The van der Waals surface area contributed by atoms with Crippen LogP contribution in [0, 0.1) is 11.7 Å². The first-order chi connectivity index (χ1) is 14.6. The highest BCUT2D eigenvalue weighted by Crippen LogP contribution is 2.19. The zero-order valence-electron chi connectivity index (χ0n) is 17.6. The van der Waals surface area contributed by atoms with E-state index in [2.05, 4.69) is 0 Å². The first kappa shape index (κ1) is 24.7. The number of carbonyl (C=O) groups is 3. The van der Waals surface area contributed by atoms with Gasteiger partial charge in [-0.1, -0.05) is 0 Å². The zero-order valence-corrected chi connectivity index (χ0v) is 18.4. The Morgan fingerprint density at radius 2 is 1.77 bits per heavy atom. The molecule has 0 N–H and O–H groups in total. The molecular formula is C20H27FN2O7S. The summed E-state index contributed by atoms with van der Waals surface area (Å²) in [5, 5.41) is 0. The fraction of sp³-hybridized carbons (Fsp3) is 0.550. The van der Waals surface area contributed by atoms with Crippen molar-refractivity contribution in [3.05, 3.63) is 30.1 Å². The van der Waals surface area contributed by atoms with Gasteiger partial charge in [-0.25, -0.2) is 17.1 Å². The lowest BCUT2D eigenvalue weighted by Crippen LogP contribution is -2.42. The Morgan fingerprint density at radius 1 is 1.16 bits per heavy atom. The number of carbonyl (C=O) groups excluding carboxylic acids is 3. The van der Waals surface area contributed by atoms with Crippen LogP contribution in [0.15, 0.2) is 29.2 Å². The number of sulfonamides is 1. The number of likely N-dealkylation sites (tertiary alicyclic amines) is 1. The third-order valence-corrected chi connectivity index (χ3v) is 6.99. The van der Waals surface area contributed by atoms with Gasteiger partial charge < -0.3 is 14.4 Å². The van der Waals surface area contributed by atoms with E-state index in [0.717, 1.165) is 16.4 Å². The lowest BCUT2D eigenvalue weighted by atomic mass is 9.97. The van der Waals surface area contributed by atoms with Crippen LogP contribution >= 0.6 is 0 Å². The van der Waals surface area contributed by atoms with Crippen molar-refractivity contribution >= 4 is 27.9 Å². The molecule has 1 aliphatic heterocycles. The predicted molar refractivity (Wildman–Crippen MR) is 108 cm³/mol. The van der Waals surface area contributed by atoms with Crippen LogP contribution in [-0.2, 0) is 33.9 Å². The number of esters is 2. The SMILES string of the molecule is COC(=O)C1CCN(C(=O)COC(=O)CCCN(C)S(=O)(=O)c2ccc(F)cc2)CC1. The highest BCUT2D eigenvalue weighted by Gasteiger charge is 2.28. The van der Waals surface area contributed by atoms with Gasteiger partial charge in [-0.05, 0) is 43.5 Å². The molecule has 0 saturated carbocycles. The van der Waals surface area contributed by atoms with Crippen molar-refractivity contribution in [3.63, 3.8) is 0 Å². The number of hydrogen-bond donors (Lipinski definition) is 0. The van der Waals surface area contributed by atoms with E-state index >= 15 is 0 Å². The average molecular weight is 459 g/mol. The molecule has 0 spiro atoms. The molecule has 0 bridgehead atoms. The molecule has 0 unspecified atom stereocenters. The van der Waals surface area contributed by atoms with Gasteiger partial charge in [0, 0.05) is 33.1 Å². The van der Waals surface area contributed by atoms with Gasteiger partial charge in [0.05, 0.1) is 17.9 Å². The van der Waals surface area contributed by atoms with Crippen molar-refractivity contribution < 1.29 is 36.7 Å². The summed E-state index contributed by atoms with van der Waals surface area (Å²) in [5.41, 5.74) is 0. The predicted octanol–water partition coefficient (Wildman–Crippen LogP) is 1.18. The normalized spacial score (nSPS) is 15.0. The van der Waals surface area contributed by atoms with Gasteiger partial charge in [0.15, 0.2) is 6.61 Å². The molecule has 0 aliphatic carbocycles. The molecule has 9 nitrogen and oxygen atoms in total. The van der Waals surface area contributed by atoms with Gasteiger partial charge in [0.1, 0.15) is 5.82 Å². The van der Waals surface area contributed by atoms with Crippen molar-refractivity contribution in [2.75, 3.05) is 40.4 Å². The second kappa shape index (κ2) is 11.2. The third-order valence-electron chi connectivity index (χ3n) is 5.11. The molecule has 1 amide bonds. The molecular weight excluding hydrogens is 431 g/mol. The molecule has 1 aromatic carbocycles. The van der Waals surface area contributed by atoms with Crippen molar-refractivity contribution in [3.8, 4) is 0 Å². The Hall–Kier alpha value is -2.53. The molecule has 1 saturated heterocycles. The van der Waals surface area contributed by atoms with Crippen molar-refractivity contribution in [2.24, 2.45) is 5.92 Å². The van der Waals surface area contributed by atoms with Crippen LogP contribution in [-0.4, -0.2) is 75.9 Å². The summed E-state index contributed by atoms with van der Waals surface area (Å²) in [6, 6.07) is 4.48. The first-order valence-corrected chi connectivity index (χ1v) is 11.3. The Kier molecular flexibility index (Phi) is 8.93. The summed E-state index contributed by atoms with van der Waals surface area (Å²) >= 11 is 0. The van der Waals surface area contributed by atoms with E-state index in [4.69, 9.17) is 9.47 Å². The van der Waals surface area contributed by atoms with E-state index in [-0.39, 0.29) is 42.1 Å². The van der Waals surface area contributed by atoms with Crippen molar-refractivity contribution in [1.82, 2.24) is 9.21 Å². The lowest BCUT2D eigenvalue weighted by molar-refractivity contribution is -0.154. The molecule has 2 rings (SSSR count). The van der Waals surface area contributed by atoms with Crippen LogP contribution in [0.3, 0.4) is 0 Å². The highest BCUT2D eigenvalue weighted by molar-refractivity contribution is 7.89. The fourth-order valence-corrected chi connectivity index (χ4v) is 4.40. The molecule has 1 aromatic rings. The summed E-state index contributed by atoms with van der Waals surface area (Å²) in [4.78, 5) is 37.1. The van der Waals surface area contributed by atoms with Gasteiger partial charge in [-0.15, -0.1) is 0 Å². The summed E-state index contributed by atoms with van der Waals surface area (Å²) < 4.78 is 48.5. The molecule has 1 aliphatic rings. The number of ether oxygens (including phenoxy) is 2. The minimum Gasteiger partial charge on any atom is -0.469 e. The first-order valence-electron chi connectivity index (χ1n) is 9.88. The summed E-state index contributed by atoms with van der Waals surface area (Å²) in [5.74, 6) is -1.99. The third kappa shape index (κ3) is 7.00. The van der Waals surface area contributed by atoms with Crippen LogP contribution < -0.4 is 0 Å². The maximum Gasteiger partial charge on any atom is 0.308 e. The molecule has 31 heavy (non-hydrogen) atoms. The number of hydrogen-bond acceptors (Lipinski definition) is 7. The second-order valence-corrected chi connectivity index (χ2v) is 9.27. The van der Waals surface area contributed by atoms with E-state index in [0.29, 0.717) is 25.9 Å². The maximum absolute atomic E-state index is 13.0. The number of rotatable bonds is 9.